The van der Waals surface area contributed by atoms with Crippen LogP contribution in [0.15, 0.2) is 36.4 Å². The van der Waals surface area contributed by atoms with E-state index in [-0.39, 0.29) is 17.9 Å². The van der Waals surface area contributed by atoms with Crippen molar-refractivity contribution in [2.75, 3.05) is 64.3 Å². The molecule has 0 radical (unpaired) electrons. The summed E-state index contributed by atoms with van der Waals surface area (Å²) in [6.45, 7) is 9.90. The van der Waals surface area contributed by atoms with Gasteiger partial charge in [0.15, 0.2) is 11.5 Å². The number of ether oxygens (including phenoxy) is 2. The Morgan fingerprint density at radius 2 is 1.64 bits per heavy atom. The van der Waals surface area contributed by atoms with Crippen molar-refractivity contribution in [3.8, 4) is 11.5 Å². The average Bonchev–Trinajstić information content (AvgIpc) is 3.38. The third-order valence-electron chi connectivity index (χ3n) is 7.59. The zero-order chi connectivity index (χ0) is 25.1. The first kappa shape index (κ1) is 24.6. The molecule has 0 aromatic heterocycles. The number of hydrogen-bond acceptors (Lipinski definition) is 6. The van der Waals surface area contributed by atoms with Gasteiger partial charge in [-0.1, -0.05) is 18.2 Å². The molecule has 0 aliphatic carbocycles. The summed E-state index contributed by atoms with van der Waals surface area (Å²) < 4.78 is 11.4. The van der Waals surface area contributed by atoms with Crippen LogP contribution in [-0.4, -0.2) is 85.5 Å². The lowest BCUT2D eigenvalue weighted by atomic mass is 10.0. The van der Waals surface area contributed by atoms with Gasteiger partial charge in [-0.3, -0.25) is 19.4 Å². The molecule has 8 nitrogen and oxygen atoms in total. The van der Waals surface area contributed by atoms with E-state index >= 15 is 0 Å². The first-order chi connectivity index (χ1) is 17.5. The van der Waals surface area contributed by atoms with E-state index in [0.717, 1.165) is 73.9 Å². The van der Waals surface area contributed by atoms with Gasteiger partial charge in [-0.05, 0) is 61.6 Å². The summed E-state index contributed by atoms with van der Waals surface area (Å²) in [4.78, 5) is 32.2. The molecule has 2 amide bonds. The van der Waals surface area contributed by atoms with Crippen molar-refractivity contribution < 1.29 is 19.1 Å². The number of amides is 2. The van der Waals surface area contributed by atoms with Crippen molar-refractivity contribution in [2.45, 2.75) is 32.7 Å². The number of rotatable bonds is 6. The number of piperazine rings is 1. The van der Waals surface area contributed by atoms with Gasteiger partial charge in [0.1, 0.15) is 13.2 Å². The van der Waals surface area contributed by atoms with Gasteiger partial charge in [0, 0.05) is 38.4 Å². The van der Waals surface area contributed by atoms with Gasteiger partial charge in [0.25, 0.3) is 0 Å². The summed E-state index contributed by atoms with van der Waals surface area (Å²) >= 11 is 0. The fourth-order valence-corrected chi connectivity index (χ4v) is 5.35. The van der Waals surface area contributed by atoms with Crippen LogP contribution in [0.25, 0.3) is 0 Å². The topological polar surface area (TPSA) is 74.4 Å². The largest absolute Gasteiger partial charge is 0.486 e. The van der Waals surface area contributed by atoms with E-state index in [2.05, 4.69) is 21.2 Å². The second kappa shape index (κ2) is 10.9. The van der Waals surface area contributed by atoms with Gasteiger partial charge in [0.2, 0.25) is 11.8 Å². The Hall–Kier alpha value is -3.10. The fraction of sp³-hybridized carbons (Fsp3) is 0.500. The second-order valence-electron chi connectivity index (χ2n) is 10.00. The SMILES string of the molecule is Cc1cccc(NC(=O)CN2CCN(CC(=O)N3CCC[C@@H]3c3ccc4c(c3)OCCO4)CC2)c1C. The Labute approximate surface area is 213 Å². The van der Waals surface area contributed by atoms with Crippen LogP contribution in [0.5, 0.6) is 11.5 Å². The van der Waals surface area contributed by atoms with Crippen LogP contribution in [0.4, 0.5) is 5.69 Å². The molecule has 36 heavy (non-hydrogen) atoms. The van der Waals surface area contributed by atoms with Crippen molar-refractivity contribution in [1.29, 1.82) is 0 Å². The predicted molar refractivity (Wildman–Crippen MR) is 139 cm³/mol. The van der Waals surface area contributed by atoms with E-state index in [9.17, 15) is 9.59 Å². The summed E-state index contributed by atoms with van der Waals surface area (Å²) in [5.74, 6) is 1.73. The maximum absolute atomic E-state index is 13.3. The summed E-state index contributed by atoms with van der Waals surface area (Å²) in [5, 5.41) is 3.05. The van der Waals surface area contributed by atoms with Gasteiger partial charge in [-0.2, -0.15) is 0 Å². The van der Waals surface area contributed by atoms with Gasteiger partial charge < -0.3 is 19.7 Å². The van der Waals surface area contributed by atoms with Crippen LogP contribution < -0.4 is 14.8 Å². The molecule has 2 fully saturated rings. The lowest BCUT2D eigenvalue weighted by Crippen LogP contribution is -2.51. The van der Waals surface area contributed by atoms with Crippen molar-refractivity contribution >= 4 is 17.5 Å². The molecule has 3 heterocycles. The third kappa shape index (κ3) is 5.50. The molecule has 8 heteroatoms. The zero-order valence-electron chi connectivity index (χ0n) is 21.3. The summed E-state index contributed by atoms with van der Waals surface area (Å²) in [6.07, 6.45) is 1.98. The van der Waals surface area contributed by atoms with E-state index < -0.39 is 0 Å². The molecule has 1 atom stereocenters. The van der Waals surface area contributed by atoms with Crippen molar-refractivity contribution in [1.82, 2.24) is 14.7 Å². The number of anilines is 1. The molecule has 0 bridgehead atoms. The normalized spacial score (nSPS) is 20.4. The molecule has 3 aliphatic heterocycles. The minimum atomic E-state index is 0.00700. The number of carbonyl (C=O) groups is 2. The third-order valence-corrected chi connectivity index (χ3v) is 7.59. The Kier molecular flexibility index (Phi) is 7.43. The Morgan fingerprint density at radius 1 is 0.917 bits per heavy atom. The maximum Gasteiger partial charge on any atom is 0.238 e. The molecule has 2 aromatic rings. The highest BCUT2D eigenvalue weighted by atomic mass is 16.6. The van der Waals surface area contributed by atoms with E-state index in [1.54, 1.807) is 0 Å². The average molecular weight is 493 g/mol. The maximum atomic E-state index is 13.3. The predicted octanol–water partition coefficient (Wildman–Crippen LogP) is 2.99. The molecular weight excluding hydrogens is 456 g/mol. The first-order valence-electron chi connectivity index (χ1n) is 13.0. The van der Waals surface area contributed by atoms with E-state index in [1.165, 1.54) is 5.56 Å². The molecule has 0 saturated carbocycles. The van der Waals surface area contributed by atoms with Crippen LogP contribution in [0, 0.1) is 13.8 Å². The molecular formula is C28H36N4O4. The lowest BCUT2D eigenvalue weighted by Gasteiger charge is -2.35. The number of nitrogens with zero attached hydrogens (tertiary/aromatic N) is 3. The van der Waals surface area contributed by atoms with E-state index in [4.69, 9.17) is 9.47 Å². The zero-order valence-corrected chi connectivity index (χ0v) is 21.3. The standard InChI is InChI=1S/C28H36N4O4/c1-20-5-3-6-23(21(20)2)29-27(33)18-30-11-13-31(14-12-30)19-28(34)32-10-4-7-24(32)22-8-9-25-26(17-22)36-16-15-35-25/h3,5-6,8-9,17,24H,4,7,10-16,18-19H2,1-2H3,(H,29,33)/t24-/m1/s1. The summed E-state index contributed by atoms with van der Waals surface area (Å²) in [5.41, 5.74) is 4.26. The van der Waals surface area contributed by atoms with E-state index in [1.807, 2.05) is 49.1 Å². The second-order valence-corrected chi connectivity index (χ2v) is 10.00. The van der Waals surface area contributed by atoms with Crippen LogP contribution in [0.1, 0.15) is 35.6 Å². The van der Waals surface area contributed by atoms with Crippen LogP contribution in [-0.2, 0) is 9.59 Å². The highest BCUT2D eigenvalue weighted by molar-refractivity contribution is 5.93. The highest BCUT2D eigenvalue weighted by Crippen LogP contribution is 2.38. The van der Waals surface area contributed by atoms with Gasteiger partial charge in [0.05, 0.1) is 19.1 Å². The first-order valence-corrected chi connectivity index (χ1v) is 13.0. The number of benzene rings is 2. The Balaban J connectivity index is 1.11. The molecule has 5 rings (SSSR count). The molecule has 1 N–H and O–H groups in total. The van der Waals surface area contributed by atoms with Gasteiger partial charge in [-0.15, -0.1) is 0 Å². The molecule has 0 unspecified atom stereocenters. The number of likely N-dealkylation sites (tertiary alicyclic amines) is 1. The number of nitrogens with one attached hydrogen (secondary N) is 1. The molecule has 3 aliphatic rings. The lowest BCUT2D eigenvalue weighted by molar-refractivity contribution is -0.134. The van der Waals surface area contributed by atoms with Crippen LogP contribution in [0.2, 0.25) is 0 Å². The molecule has 192 valence electrons. The Morgan fingerprint density at radius 3 is 2.42 bits per heavy atom. The van der Waals surface area contributed by atoms with Crippen molar-refractivity contribution in [3.63, 3.8) is 0 Å². The number of carbonyl (C=O) groups excluding carboxylic acids is 2. The molecule has 2 saturated heterocycles. The summed E-state index contributed by atoms with van der Waals surface area (Å²) in [7, 11) is 0. The van der Waals surface area contributed by atoms with Crippen molar-refractivity contribution in [2.24, 2.45) is 0 Å². The van der Waals surface area contributed by atoms with E-state index in [0.29, 0.717) is 26.3 Å². The quantitative estimate of drug-likeness (QED) is 0.668. The fourth-order valence-electron chi connectivity index (χ4n) is 5.35. The van der Waals surface area contributed by atoms with Gasteiger partial charge in [-0.25, -0.2) is 0 Å². The van der Waals surface area contributed by atoms with Crippen LogP contribution >= 0.6 is 0 Å². The minimum absolute atomic E-state index is 0.00700. The van der Waals surface area contributed by atoms with Crippen molar-refractivity contribution in [3.05, 3.63) is 53.1 Å². The summed E-state index contributed by atoms with van der Waals surface area (Å²) in [6, 6.07) is 12.1. The highest BCUT2D eigenvalue weighted by Gasteiger charge is 2.32. The number of aryl methyl sites for hydroxylation is 1. The molecule has 2 aromatic carbocycles. The van der Waals surface area contributed by atoms with Crippen LogP contribution in [0.3, 0.4) is 0 Å². The monoisotopic (exact) mass is 492 g/mol. The Bertz CT molecular complexity index is 1110. The minimum Gasteiger partial charge on any atom is -0.486 e. The number of hydrogen-bond donors (Lipinski definition) is 1. The van der Waals surface area contributed by atoms with Gasteiger partial charge >= 0.3 is 0 Å². The number of fused-ring (bicyclic) bond motifs is 1. The smallest absolute Gasteiger partial charge is 0.238 e. The molecule has 0 spiro atoms.